The lowest BCUT2D eigenvalue weighted by Gasteiger charge is -2.25. The summed E-state index contributed by atoms with van der Waals surface area (Å²) in [5, 5.41) is 0.792. The van der Waals surface area contributed by atoms with E-state index in [1.54, 1.807) is 26.3 Å². The predicted molar refractivity (Wildman–Crippen MR) is 128 cm³/mol. The molecule has 0 amide bonds. The molecule has 11 heteroatoms. The Morgan fingerprint density at radius 1 is 1.36 bits per heavy atom. The highest BCUT2D eigenvalue weighted by Crippen LogP contribution is 2.41. The summed E-state index contributed by atoms with van der Waals surface area (Å²) in [5.74, 6) is -0.267. The summed E-state index contributed by atoms with van der Waals surface area (Å²) in [7, 11) is -3.25. The number of aromatic nitrogens is 1. The highest BCUT2D eigenvalue weighted by atomic mass is 35.5. The molecule has 0 unspecified atom stereocenters. The molecule has 176 valence electrons. The maximum atomic E-state index is 14.0. The summed E-state index contributed by atoms with van der Waals surface area (Å²) in [4.78, 5) is 4.23. The number of anilines is 1. The molecular formula is C22H22Cl2FN3O4S. The third-order valence-electron chi connectivity index (χ3n) is 5.66. The third-order valence-corrected chi connectivity index (χ3v) is 8.22. The Balaban J connectivity index is 1.68. The van der Waals surface area contributed by atoms with Gasteiger partial charge in [-0.1, -0.05) is 29.3 Å². The van der Waals surface area contributed by atoms with E-state index >= 15 is 0 Å². The summed E-state index contributed by atoms with van der Waals surface area (Å²) < 4.78 is 51.5. The van der Waals surface area contributed by atoms with Gasteiger partial charge in [0.25, 0.3) is 0 Å². The quantitative estimate of drug-likeness (QED) is 0.441. The molecule has 0 aliphatic carbocycles. The van der Waals surface area contributed by atoms with Gasteiger partial charge in [-0.2, -0.15) is 4.31 Å². The van der Waals surface area contributed by atoms with Gasteiger partial charge in [0.1, 0.15) is 11.9 Å². The minimum atomic E-state index is -3.25. The molecule has 2 N–H and O–H groups in total. The molecule has 3 heterocycles. The number of halogens is 3. The molecule has 0 saturated carbocycles. The number of hydrogen-bond acceptors (Lipinski definition) is 6. The second-order valence-corrected chi connectivity index (χ2v) is 10.7. The topological polar surface area (TPSA) is 98.7 Å². The van der Waals surface area contributed by atoms with Gasteiger partial charge in [0.05, 0.1) is 22.4 Å². The number of furan rings is 1. The zero-order valence-electron chi connectivity index (χ0n) is 17.9. The van der Waals surface area contributed by atoms with Crippen LogP contribution in [0.4, 0.5) is 10.2 Å². The molecule has 0 radical (unpaired) electrons. The second-order valence-electron chi connectivity index (χ2n) is 7.62. The number of fused-ring (bicyclic) bond motifs is 1. The first kappa shape index (κ1) is 23.8. The molecule has 0 saturated heterocycles. The van der Waals surface area contributed by atoms with Gasteiger partial charge >= 0.3 is 0 Å². The van der Waals surface area contributed by atoms with Crippen molar-refractivity contribution in [3.05, 3.63) is 57.7 Å². The van der Waals surface area contributed by atoms with Gasteiger partial charge in [-0.3, -0.25) is 0 Å². The number of rotatable bonds is 6. The van der Waals surface area contributed by atoms with Gasteiger partial charge in [-0.25, -0.2) is 17.8 Å². The number of benzene rings is 1. The molecular weight excluding hydrogens is 492 g/mol. The smallest absolute Gasteiger partial charge is 0.214 e. The van der Waals surface area contributed by atoms with E-state index in [4.69, 9.17) is 38.1 Å². The first-order chi connectivity index (χ1) is 15.6. The number of nitrogens with two attached hydrogens (primary N) is 1. The van der Waals surface area contributed by atoms with Crippen LogP contribution in [0.15, 0.2) is 35.1 Å². The Labute approximate surface area is 201 Å². The van der Waals surface area contributed by atoms with E-state index in [1.165, 1.54) is 16.4 Å². The average Bonchev–Trinajstić information content (AvgIpc) is 3.23. The molecule has 4 rings (SSSR count). The van der Waals surface area contributed by atoms with Crippen molar-refractivity contribution in [2.24, 2.45) is 0 Å². The fraction of sp³-hybridized carbons (Fsp3) is 0.318. The molecule has 33 heavy (non-hydrogen) atoms. The Bertz CT molecular complexity index is 1360. The van der Waals surface area contributed by atoms with Crippen LogP contribution in [0.25, 0.3) is 16.5 Å². The van der Waals surface area contributed by atoms with Gasteiger partial charge in [-0.05, 0) is 38.0 Å². The van der Waals surface area contributed by atoms with Gasteiger partial charge in [0.2, 0.25) is 15.8 Å². The van der Waals surface area contributed by atoms with Crippen LogP contribution in [0.1, 0.15) is 37.5 Å². The molecule has 1 atom stereocenters. The zero-order chi connectivity index (χ0) is 23.9. The van der Waals surface area contributed by atoms with E-state index in [9.17, 15) is 12.8 Å². The number of hydrogen-bond donors (Lipinski definition) is 1. The van der Waals surface area contributed by atoms with E-state index in [-0.39, 0.29) is 39.5 Å². The highest BCUT2D eigenvalue weighted by Gasteiger charge is 2.26. The Kier molecular flexibility index (Phi) is 6.59. The fourth-order valence-corrected chi connectivity index (χ4v) is 5.54. The van der Waals surface area contributed by atoms with E-state index in [0.29, 0.717) is 23.9 Å². The van der Waals surface area contributed by atoms with Crippen LogP contribution in [0.5, 0.6) is 5.75 Å². The number of nitrogen functional groups attached to an aromatic ring is 1. The van der Waals surface area contributed by atoms with E-state index < -0.39 is 21.9 Å². The lowest BCUT2D eigenvalue weighted by Crippen LogP contribution is -2.35. The van der Waals surface area contributed by atoms with Gasteiger partial charge in [-0.15, -0.1) is 0 Å². The van der Waals surface area contributed by atoms with Crippen molar-refractivity contribution in [3.63, 3.8) is 0 Å². The van der Waals surface area contributed by atoms with Crippen molar-refractivity contribution >= 4 is 55.6 Å². The van der Waals surface area contributed by atoms with Crippen molar-refractivity contribution in [1.29, 1.82) is 0 Å². The number of sulfonamides is 1. The molecule has 1 aliphatic rings. The molecule has 2 aromatic heterocycles. The zero-order valence-corrected chi connectivity index (χ0v) is 20.3. The van der Waals surface area contributed by atoms with Crippen LogP contribution in [-0.2, 0) is 10.0 Å². The van der Waals surface area contributed by atoms with Crippen LogP contribution in [0.2, 0.25) is 10.0 Å². The lowest BCUT2D eigenvalue weighted by molar-refractivity contribution is 0.227. The third kappa shape index (κ3) is 4.42. The Hall–Kier alpha value is -2.33. The largest absolute Gasteiger partial charge is 0.478 e. The minimum absolute atomic E-state index is 0.0617. The van der Waals surface area contributed by atoms with Crippen LogP contribution < -0.4 is 10.5 Å². The standard InChI is InChI=1S/C22H22Cl2FN3O4S/c1-3-33(29,30)28-8-6-13(7-9-28)15-11-31-20-14(15)10-27-22(26)21(20)32-12(2)18-16(23)4-5-17(25)19(18)24/h4-6,10-12H,3,7-9H2,1-2H3,(H2,26,27)/t12-/m1/s1. The van der Waals surface area contributed by atoms with E-state index in [2.05, 4.69) is 4.98 Å². The molecule has 1 aliphatic heterocycles. The van der Waals surface area contributed by atoms with Crippen LogP contribution in [0.3, 0.4) is 0 Å². The molecule has 3 aromatic rings. The van der Waals surface area contributed by atoms with Crippen LogP contribution in [-0.4, -0.2) is 36.5 Å². The first-order valence-corrected chi connectivity index (χ1v) is 12.6. The normalized spacial score (nSPS) is 16.1. The highest BCUT2D eigenvalue weighted by molar-refractivity contribution is 7.89. The average molecular weight is 514 g/mol. The van der Waals surface area contributed by atoms with Crippen molar-refractivity contribution in [2.75, 3.05) is 24.6 Å². The molecule has 7 nitrogen and oxygen atoms in total. The summed E-state index contributed by atoms with van der Waals surface area (Å²) >= 11 is 12.3. The second kappa shape index (κ2) is 9.13. The SMILES string of the molecule is CCS(=O)(=O)N1CC=C(c2coc3c(O[C@H](C)c4c(Cl)ccc(F)c4Cl)c(N)ncc23)CC1. The van der Waals surface area contributed by atoms with Crippen LogP contribution in [0, 0.1) is 5.82 Å². The van der Waals surface area contributed by atoms with E-state index in [0.717, 1.165) is 11.1 Å². The van der Waals surface area contributed by atoms with Crippen molar-refractivity contribution < 1.29 is 22.0 Å². The maximum Gasteiger partial charge on any atom is 0.214 e. The maximum absolute atomic E-state index is 14.0. The molecule has 0 spiro atoms. The molecule has 1 aromatic carbocycles. The Morgan fingerprint density at radius 3 is 2.79 bits per heavy atom. The molecule has 0 bridgehead atoms. The van der Waals surface area contributed by atoms with Gasteiger partial charge in [0, 0.05) is 35.4 Å². The lowest BCUT2D eigenvalue weighted by atomic mass is 10.0. The van der Waals surface area contributed by atoms with Crippen molar-refractivity contribution in [2.45, 2.75) is 26.4 Å². The van der Waals surface area contributed by atoms with Gasteiger partial charge in [0.15, 0.2) is 11.4 Å². The fourth-order valence-electron chi connectivity index (χ4n) is 3.82. The van der Waals surface area contributed by atoms with Crippen molar-refractivity contribution in [3.8, 4) is 5.75 Å². The van der Waals surface area contributed by atoms with E-state index in [1.807, 2.05) is 6.08 Å². The Morgan fingerprint density at radius 2 is 2.12 bits per heavy atom. The monoisotopic (exact) mass is 513 g/mol. The minimum Gasteiger partial charge on any atom is -0.478 e. The predicted octanol–water partition coefficient (Wildman–Crippen LogP) is 5.43. The molecule has 0 fully saturated rings. The van der Waals surface area contributed by atoms with Gasteiger partial charge < -0.3 is 14.9 Å². The summed E-state index contributed by atoms with van der Waals surface area (Å²) in [6.07, 6.45) is 4.80. The number of ether oxygens (including phenoxy) is 1. The summed E-state index contributed by atoms with van der Waals surface area (Å²) in [6, 6.07) is 2.59. The van der Waals surface area contributed by atoms with Crippen LogP contribution >= 0.6 is 23.2 Å². The summed E-state index contributed by atoms with van der Waals surface area (Å²) in [6.45, 7) is 3.97. The number of pyridine rings is 1. The summed E-state index contributed by atoms with van der Waals surface area (Å²) in [5.41, 5.74) is 8.45. The van der Waals surface area contributed by atoms with Crippen molar-refractivity contribution in [1.82, 2.24) is 9.29 Å². The first-order valence-electron chi connectivity index (χ1n) is 10.3. The number of nitrogens with zero attached hydrogens (tertiary/aromatic N) is 2.